The van der Waals surface area contributed by atoms with Gasteiger partial charge in [-0.1, -0.05) is 11.6 Å². The third kappa shape index (κ3) is 4.30. The van der Waals surface area contributed by atoms with E-state index >= 15 is 0 Å². The zero-order valence-corrected chi connectivity index (χ0v) is 13.1. The van der Waals surface area contributed by atoms with Crippen molar-refractivity contribution in [3.8, 4) is 0 Å². The van der Waals surface area contributed by atoms with Crippen molar-refractivity contribution in [1.82, 2.24) is 9.80 Å². The number of nitrogens with zero attached hydrogens (tertiary/aromatic N) is 3. The van der Waals surface area contributed by atoms with E-state index < -0.39 is 4.92 Å². The fourth-order valence-corrected chi connectivity index (χ4v) is 2.65. The normalized spacial score (nSPS) is 18.4. The van der Waals surface area contributed by atoms with Crippen molar-refractivity contribution in [3.63, 3.8) is 0 Å². The molecule has 1 saturated heterocycles. The highest BCUT2D eigenvalue weighted by molar-refractivity contribution is 6.33. The number of benzene rings is 1. The number of nitro groups is 1. The van der Waals surface area contributed by atoms with E-state index in [1.165, 1.54) is 12.1 Å². The van der Waals surface area contributed by atoms with Gasteiger partial charge >= 0.3 is 0 Å². The van der Waals surface area contributed by atoms with Gasteiger partial charge in [0.15, 0.2) is 0 Å². The van der Waals surface area contributed by atoms with Crippen LogP contribution in [0.15, 0.2) is 18.2 Å². The predicted molar refractivity (Wildman–Crippen MR) is 85.1 cm³/mol. The Morgan fingerprint density at radius 2 is 2.05 bits per heavy atom. The minimum Gasteiger partial charge on any atom is -0.382 e. The quantitative estimate of drug-likeness (QED) is 0.667. The Labute approximate surface area is 129 Å². The molecule has 1 N–H and O–H groups in total. The highest BCUT2D eigenvalue weighted by Crippen LogP contribution is 2.26. The summed E-state index contributed by atoms with van der Waals surface area (Å²) in [6.45, 7) is 7.24. The molecule has 0 bridgehead atoms. The fourth-order valence-electron chi connectivity index (χ4n) is 2.41. The Morgan fingerprint density at radius 3 is 2.62 bits per heavy atom. The molecule has 116 valence electrons. The summed E-state index contributed by atoms with van der Waals surface area (Å²) < 4.78 is 0. The number of nitro benzene ring substituents is 1. The van der Waals surface area contributed by atoms with Crippen molar-refractivity contribution in [2.75, 3.05) is 45.1 Å². The summed E-state index contributed by atoms with van der Waals surface area (Å²) in [6.07, 6.45) is 0. The standard InChI is InChI=1S/C14H21ClN4O2/c1-11(18-7-5-17(2)6-8-18)10-16-14-4-3-12(19(20)21)9-13(14)15/h3-4,9,11,16H,5-8,10H2,1-2H3. The van der Waals surface area contributed by atoms with Crippen LogP contribution in [0.3, 0.4) is 0 Å². The van der Waals surface area contributed by atoms with Crippen LogP contribution in [0.25, 0.3) is 0 Å². The molecule has 0 radical (unpaired) electrons. The van der Waals surface area contributed by atoms with E-state index in [0.717, 1.165) is 38.4 Å². The first-order valence-corrected chi connectivity index (χ1v) is 7.45. The number of anilines is 1. The lowest BCUT2D eigenvalue weighted by atomic mass is 10.2. The lowest BCUT2D eigenvalue weighted by Gasteiger charge is -2.36. The molecule has 0 spiro atoms. The Kier molecular flexibility index (Phi) is 5.39. The first-order valence-electron chi connectivity index (χ1n) is 7.08. The van der Waals surface area contributed by atoms with Crippen LogP contribution in [0.5, 0.6) is 0 Å². The van der Waals surface area contributed by atoms with Crippen LogP contribution in [0.1, 0.15) is 6.92 Å². The van der Waals surface area contributed by atoms with E-state index in [-0.39, 0.29) is 5.69 Å². The zero-order valence-electron chi connectivity index (χ0n) is 12.4. The number of nitrogens with one attached hydrogen (secondary N) is 1. The molecule has 0 saturated carbocycles. The molecule has 0 aliphatic carbocycles. The molecular weight excluding hydrogens is 292 g/mol. The highest BCUT2D eigenvalue weighted by atomic mass is 35.5. The summed E-state index contributed by atoms with van der Waals surface area (Å²) in [4.78, 5) is 15.0. The second kappa shape index (κ2) is 7.06. The topological polar surface area (TPSA) is 61.7 Å². The Hall–Kier alpha value is -1.37. The minimum absolute atomic E-state index is 0.0117. The van der Waals surface area contributed by atoms with Gasteiger partial charge in [0.25, 0.3) is 5.69 Å². The SMILES string of the molecule is CC(CNc1ccc([N+](=O)[O-])cc1Cl)N1CCN(C)CC1. The van der Waals surface area contributed by atoms with Crippen LogP contribution >= 0.6 is 11.6 Å². The van der Waals surface area contributed by atoms with Crippen LogP contribution in [0.4, 0.5) is 11.4 Å². The van der Waals surface area contributed by atoms with Crippen LogP contribution in [-0.4, -0.2) is 60.5 Å². The third-order valence-corrected chi connectivity index (χ3v) is 4.23. The molecule has 0 aromatic heterocycles. The molecular formula is C14H21ClN4O2. The van der Waals surface area contributed by atoms with Crippen LogP contribution in [0.2, 0.25) is 5.02 Å². The van der Waals surface area contributed by atoms with Crippen molar-refractivity contribution in [3.05, 3.63) is 33.3 Å². The van der Waals surface area contributed by atoms with Gasteiger partial charge in [-0.2, -0.15) is 0 Å². The molecule has 21 heavy (non-hydrogen) atoms. The lowest BCUT2D eigenvalue weighted by molar-refractivity contribution is -0.384. The maximum atomic E-state index is 10.7. The Morgan fingerprint density at radius 1 is 1.38 bits per heavy atom. The van der Waals surface area contributed by atoms with Gasteiger partial charge < -0.3 is 10.2 Å². The van der Waals surface area contributed by atoms with Gasteiger partial charge in [0.2, 0.25) is 0 Å². The van der Waals surface area contributed by atoms with Crippen LogP contribution < -0.4 is 5.32 Å². The van der Waals surface area contributed by atoms with Crippen molar-refractivity contribution in [2.24, 2.45) is 0 Å². The molecule has 0 amide bonds. The predicted octanol–water partition coefficient (Wildman–Crippen LogP) is 2.30. The summed E-state index contributed by atoms with van der Waals surface area (Å²) in [5.41, 5.74) is 0.751. The maximum absolute atomic E-state index is 10.7. The van der Waals surface area contributed by atoms with Gasteiger partial charge in [0, 0.05) is 50.9 Å². The maximum Gasteiger partial charge on any atom is 0.271 e. The number of hydrogen-bond acceptors (Lipinski definition) is 5. The average Bonchev–Trinajstić information content (AvgIpc) is 2.46. The second-order valence-electron chi connectivity index (χ2n) is 5.49. The first-order chi connectivity index (χ1) is 9.97. The molecule has 1 aromatic rings. The van der Waals surface area contributed by atoms with Crippen LogP contribution in [-0.2, 0) is 0 Å². The molecule has 1 atom stereocenters. The number of rotatable bonds is 5. The molecule has 6 nitrogen and oxygen atoms in total. The van der Waals surface area contributed by atoms with Crippen molar-refractivity contribution in [2.45, 2.75) is 13.0 Å². The largest absolute Gasteiger partial charge is 0.382 e. The Bertz CT molecular complexity index is 504. The summed E-state index contributed by atoms with van der Waals surface area (Å²) in [5, 5.41) is 14.3. The van der Waals surface area contributed by atoms with E-state index in [1.54, 1.807) is 6.07 Å². The van der Waals surface area contributed by atoms with Crippen molar-refractivity contribution < 1.29 is 4.92 Å². The molecule has 1 aromatic carbocycles. The van der Waals surface area contributed by atoms with Crippen LogP contribution in [0, 0.1) is 10.1 Å². The number of non-ortho nitro benzene ring substituents is 1. The van der Waals surface area contributed by atoms with Gasteiger partial charge in [0.1, 0.15) is 0 Å². The third-order valence-electron chi connectivity index (χ3n) is 3.91. The summed E-state index contributed by atoms with van der Waals surface area (Å²) in [5.74, 6) is 0. The van der Waals surface area contributed by atoms with Gasteiger partial charge in [-0.25, -0.2) is 0 Å². The van der Waals surface area contributed by atoms with Crippen molar-refractivity contribution >= 4 is 23.0 Å². The van der Waals surface area contributed by atoms with Gasteiger partial charge in [0.05, 0.1) is 15.6 Å². The molecule has 1 fully saturated rings. The minimum atomic E-state index is -0.442. The smallest absolute Gasteiger partial charge is 0.271 e. The molecule has 2 rings (SSSR count). The van der Waals surface area contributed by atoms with E-state index in [0.29, 0.717) is 11.1 Å². The summed E-state index contributed by atoms with van der Waals surface area (Å²) >= 11 is 6.07. The van der Waals surface area contributed by atoms with E-state index in [2.05, 4.69) is 29.1 Å². The monoisotopic (exact) mass is 312 g/mol. The average molecular weight is 313 g/mol. The highest BCUT2D eigenvalue weighted by Gasteiger charge is 2.19. The molecule has 1 aliphatic heterocycles. The molecule has 1 unspecified atom stereocenters. The number of piperazine rings is 1. The molecule has 1 aliphatic rings. The van der Waals surface area contributed by atoms with E-state index in [4.69, 9.17) is 11.6 Å². The molecule has 7 heteroatoms. The second-order valence-corrected chi connectivity index (χ2v) is 5.90. The van der Waals surface area contributed by atoms with Gasteiger partial charge in [-0.15, -0.1) is 0 Å². The summed E-state index contributed by atoms with van der Waals surface area (Å²) in [7, 11) is 2.14. The van der Waals surface area contributed by atoms with E-state index in [9.17, 15) is 10.1 Å². The first kappa shape index (κ1) is 16.0. The van der Waals surface area contributed by atoms with Gasteiger partial charge in [-0.3, -0.25) is 15.0 Å². The fraction of sp³-hybridized carbons (Fsp3) is 0.571. The Balaban J connectivity index is 1.89. The van der Waals surface area contributed by atoms with Crippen molar-refractivity contribution in [1.29, 1.82) is 0 Å². The van der Waals surface area contributed by atoms with Gasteiger partial charge in [-0.05, 0) is 20.0 Å². The molecule has 1 heterocycles. The number of hydrogen-bond donors (Lipinski definition) is 1. The zero-order chi connectivity index (χ0) is 15.4. The van der Waals surface area contributed by atoms with E-state index in [1.807, 2.05) is 0 Å². The number of halogens is 1. The lowest BCUT2D eigenvalue weighted by Crippen LogP contribution is -2.49. The summed E-state index contributed by atoms with van der Waals surface area (Å²) in [6, 6.07) is 4.90. The number of likely N-dealkylation sites (N-methyl/N-ethyl adjacent to an activating group) is 1.